The molecule has 2 aliphatic rings. The smallest absolute Gasteiger partial charge is 0.317 e. The second-order valence-electron chi connectivity index (χ2n) is 4.83. The van der Waals surface area contributed by atoms with Crippen LogP contribution in [0.5, 0.6) is 0 Å². The predicted octanol–water partition coefficient (Wildman–Crippen LogP) is 1.33. The molecule has 1 aromatic rings. The van der Waals surface area contributed by atoms with E-state index in [1.165, 1.54) is 0 Å². The second-order valence-corrected chi connectivity index (χ2v) is 4.83. The molecule has 1 aromatic heterocycles. The molecule has 0 atom stereocenters. The first kappa shape index (κ1) is 12.5. The van der Waals surface area contributed by atoms with Crippen LogP contribution in [0, 0.1) is 0 Å². The van der Waals surface area contributed by atoms with Crippen molar-refractivity contribution in [2.45, 2.75) is 25.2 Å². The Kier molecular flexibility index (Phi) is 3.44. The molecule has 1 N–H and O–H groups in total. The van der Waals surface area contributed by atoms with E-state index in [1.807, 2.05) is 6.07 Å². The first-order valence-corrected chi connectivity index (χ1v) is 6.61. The molecule has 0 aromatic carbocycles. The van der Waals surface area contributed by atoms with Crippen LogP contribution in [0.1, 0.15) is 18.6 Å². The summed E-state index contributed by atoms with van der Waals surface area (Å²) in [4.78, 5) is 13.8. The minimum absolute atomic E-state index is 0.0655. The van der Waals surface area contributed by atoms with Crippen LogP contribution in [0.4, 0.5) is 4.79 Å². The quantitative estimate of drug-likeness (QED) is 0.877. The Morgan fingerprint density at radius 1 is 1.32 bits per heavy atom. The molecule has 3 rings (SSSR count). The fourth-order valence-corrected chi connectivity index (χ4v) is 2.52. The number of rotatable bonds is 2. The molecule has 2 fully saturated rings. The van der Waals surface area contributed by atoms with E-state index in [1.54, 1.807) is 17.2 Å². The summed E-state index contributed by atoms with van der Waals surface area (Å²) < 4.78 is 16.4. The fraction of sp³-hybridized carbons (Fsp3) is 0.615. The molecule has 2 amide bonds. The van der Waals surface area contributed by atoms with Crippen molar-refractivity contribution in [2.24, 2.45) is 0 Å². The summed E-state index contributed by atoms with van der Waals surface area (Å²) in [5.41, 5.74) is 0. The summed E-state index contributed by atoms with van der Waals surface area (Å²) in [7, 11) is 0. The number of piperidine rings is 1. The van der Waals surface area contributed by atoms with Crippen molar-refractivity contribution in [3.63, 3.8) is 0 Å². The molecule has 0 unspecified atom stereocenters. The monoisotopic (exact) mass is 266 g/mol. The number of nitrogens with zero attached hydrogens (tertiary/aromatic N) is 1. The number of likely N-dealkylation sites (tertiary alicyclic amines) is 1. The Morgan fingerprint density at radius 2 is 2.05 bits per heavy atom. The highest BCUT2D eigenvalue weighted by molar-refractivity contribution is 5.74. The van der Waals surface area contributed by atoms with Gasteiger partial charge in [-0.05, 0) is 12.1 Å². The highest BCUT2D eigenvalue weighted by Gasteiger charge is 2.40. The lowest BCUT2D eigenvalue weighted by Gasteiger charge is -2.37. The number of hydrogen-bond donors (Lipinski definition) is 1. The van der Waals surface area contributed by atoms with Gasteiger partial charge in [0.25, 0.3) is 0 Å². The number of carbonyl (C=O) groups excluding carboxylic acids is 1. The average molecular weight is 266 g/mol. The maximum atomic E-state index is 12.0. The summed E-state index contributed by atoms with van der Waals surface area (Å²) in [6.07, 6.45) is 3.07. The molecule has 0 saturated carbocycles. The third-order valence-corrected chi connectivity index (χ3v) is 3.62. The topological polar surface area (TPSA) is 63.9 Å². The third-order valence-electron chi connectivity index (χ3n) is 3.62. The van der Waals surface area contributed by atoms with E-state index >= 15 is 0 Å². The lowest BCUT2D eigenvalue weighted by atomic mass is 10.0. The van der Waals surface area contributed by atoms with Gasteiger partial charge in [-0.25, -0.2) is 4.79 Å². The van der Waals surface area contributed by atoms with E-state index in [-0.39, 0.29) is 6.03 Å². The Bertz CT molecular complexity index is 416. The van der Waals surface area contributed by atoms with Gasteiger partial charge in [-0.2, -0.15) is 0 Å². The van der Waals surface area contributed by atoms with E-state index in [4.69, 9.17) is 13.9 Å². The van der Waals surface area contributed by atoms with Gasteiger partial charge in [-0.1, -0.05) is 0 Å². The van der Waals surface area contributed by atoms with Gasteiger partial charge in [0.1, 0.15) is 5.76 Å². The van der Waals surface area contributed by atoms with Gasteiger partial charge < -0.3 is 24.1 Å². The summed E-state index contributed by atoms with van der Waals surface area (Å²) in [5.74, 6) is 0.321. The SMILES string of the molecule is O=C(NCc1ccco1)N1CCC2(CC1)OCCO2. The molecule has 0 radical (unpaired) electrons. The Labute approximate surface area is 111 Å². The van der Waals surface area contributed by atoms with Gasteiger partial charge in [0.2, 0.25) is 0 Å². The van der Waals surface area contributed by atoms with Crippen molar-refractivity contribution in [1.29, 1.82) is 0 Å². The van der Waals surface area contributed by atoms with Crippen molar-refractivity contribution in [1.82, 2.24) is 10.2 Å². The van der Waals surface area contributed by atoms with Crippen molar-refractivity contribution >= 4 is 6.03 Å². The highest BCUT2D eigenvalue weighted by Crippen LogP contribution is 2.31. The average Bonchev–Trinajstić information content (AvgIpc) is 3.09. The summed E-state index contributed by atoms with van der Waals surface area (Å²) in [5, 5.41) is 2.85. The number of nitrogens with one attached hydrogen (secondary N) is 1. The van der Waals surface area contributed by atoms with Gasteiger partial charge in [0.05, 0.1) is 26.0 Å². The molecule has 19 heavy (non-hydrogen) atoms. The first-order chi connectivity index (χ1) is 9.27. The summed E-state index contributed by atoms with van der Waals surface area (Å²) >= 11 is 0. The van der Waals surface area contributed by atoms with Gasteiger partial charge in [-0.3, -0.25) is 0 Å². The van der Waals surface area contributed by atoms with E-state index in [0.717, 1.165) is 18.6 Å². The summed E-state index contributed by atoms with van der Waals surface area (Å²) in [6.45, 7) is 3.05. The van der Waals surface area contributed by atoms with Crippen LogP contribution in [-0.2, 0) is 16.0 Å². The first-order valence-electron chi connectivity index (χ1n) is 6.61. The van der Waals surface area contributed by atoms with Gasteiger partial charge in [0.15, 0.2) is 5.79 Å². The number of hydrogen-bond acceptors (Lipinski definition) is 4. The van der Waals surface area contributed by atoms with Crippen molar-refractivity contribution in [3.8, 4) is 0 Å². The third kappa shape index (κ3) is 2.74. The van der Waals surface area contributed by atoms with Gasteiger partial charge in [0, 0.05) is 25.9 Å². The van der Waals surface area contributed by atoms with E-state index in [2.05, 4.69) is 5.32 Å². The Morgan fingerprint density at radius 3 is 2.68 bits per heavy atom. The van der Waals surface area contributed by atoms with Crippen molar-refractivity contribution < 1.29 is 18.7 Å². The fourth-order valence-electron chi connectivity index (χ4n) is 2.52. The van der Waals surface area contributed by atoms with Crippen LogP contribution in [0.3, 0.4) is 0 Å². The van der Waals surface area contributed by atoms with E-state index < -0.39 is 5.79 Å². The van der Waals surface area contributed by atoms with E-state index in [9.17, 15) is 4.79 Å². The minimum atomic E-state index is -0.433. The molecule has 104 valence electrons. The number of carbonyl (C=O) groups is 1. The minimum Gasteiger partial charge on any atom is -0.467 e. The molecular formula is C13H18N2O4. The van der Waals surface area contributed by atoms with Crippen LogP contribution in [0.25, 0.3) is 0 Å². The molecule has 6 nitrogen and oxygen atoms in total. The normalized spacial score (nSPS) is 21.8. The zero-order valence-electron chi connectivity index (χ0n) is 10.8. The van der Waals surface area contributed by atoms with Crippen LogP contribution >= 0.6 is 0 Å². The number of urea groups is 1. The molecule has 2 aliphatic heterocycles. The van der Waals surface area contributed by atoms with Gasteiger partial charge >= 0.3 is 6.03 Å². The lowest BCUT2D eigenvalue weighted by molar-refractivity contribution is -0.181. The van der Waals surface area contributed by atoms with Crippen LogP contribution in [0.15, 0.2) is 22.8 Å². The van der Waals surface area contributed by atoms with Crippen molar-refractivity contribution in [2.75, 3.05) is 26.3 Å². The van der Waals surface area contributed by atoms with Crippen molar-refractivity contribution in [3.05, 3.63) is 24.2 Å². The maximum Gasteiger partial charge on any atom is 0.317 e. The van der Waals surface area contributed by atoms with Crippen LogP contribution < -0.4 is 5.32 Å². The van der Waals surface area contributed by atoms with Gasteiger partial charge in [-0.15, -0.1) is 0 Å². The second kappa shape index (κ2) is 5.22. The molecule has 3 heterocycles. The Hall–Kier alpha value is -1.53. The molecule has 0 aliphatic carbocycles. The van der Waals surface area contributed by atoms with Crippen LogP contribution in [0.2, 0.25) is 0 Å². The molecule has 6 heteroatoms. The standard InChI is InChI=1S/C13H18N2O4/c16-12(14-10-11-2-1-7-17-11)15-5-3-13(4-6-15)18-8-9-19-13/h1-2,7H,3-6,8-10H2,(H,14,16). The molecule has 2 saturated heterocycles. The lowest BCUT2D eigenvalue weighted by Crippen LogP contribution is -2.50. The number of furan rings is 1. The van der Waals surface area contributed by atoms with E-state index in [0.29, 0.717) is 32.8 Å². The zero-order valence-corrected chi connectivity index (χ0v) is 10.8. The molecule has 0 bridgehead atoms. The number of amides is 2. The number of ether oxygens (including phenoxy) is 2. The Balaban J connectivity index is 1.46. The van der Waals surface area contributed by atoms with Crippen LogP contribution in [-0.4, -0.2) is 43.0 Å². The highest BCUT2D eigenvalue weighted by atomic mass is 16.7. The largest absolute Gasteiger partial charge is 0.467 e. The molecule has 1 spiro atoms. The predicted molar refractivity (Wildman–Crippen MR) is 66.4 cm³/mol. The summed E-state index contributed by atoms with van der Waals surface area (Å²) in [6, 6.07) is 3.58. The maximum absolute atomic E-state index is 12.0. The molecular weight excluding hydrogens is 248 g/mol. The zero-order chi connectivity index (χ0) is 13.1.